The van der Waals surface area contributed by atoms with E-state index in [-0.39, 0.29) is 16.9 Å². The number of fused-ring (bicyclic) bond motifs is 5. The Morgan fingerprint density at radius 1 is 1.00 bits per heavy atom. The van der Waals surface area contributed by atoms with Gasteiger partial charge < -0.3 is 4.74 Å². The highest BCUT2D eigenvalue weighted by molar-refractivity contribution is 9.10. The van der Waals surface area contributed by atoms with Gasteiger partial charge in [-0.05, 0) is 103 Å². The highest BCUT2D eigenvalue weighted by atomic mass is 79.9. The topological polar surface area (TPSA) is 26.3 Å². The quantitative estimate of drug-likeness (QED) is 0.161. The average Bonchev–Trinajstić information content (AvgIpc) is 3.26. The fourth-order valence-corrected chi connectivity index (χ4v) is 10.4. The molecule has 3 heteroatoms. The minimum atomic E-state index is -0.281. The van der Waals surface area contributed by atoms with Gasteiger partial charge in [0.05, 0.1) is 0 Å². The fraction of sp³-hybridized carbons (Fsp3) is 0.750. The molecule has 0 saturated heterocycles. The number of carbonyl (C=O) groups is 1. The lowest BCUT2D eigenvalue weighted by Gasteiger charge is -2.58. The van der Waals surface area contributed by atoms with Crippen molar-refractivity contribution >= 4 is 21.9 Å². The molecular formula is C36H53BrO2. The molecule has 2 nitrogen and oxygen atoms in total. The van der Waals surface area contributed by atoms with Crippen molar-refractivity contribution in [3.63, 3.8) is 0 Å². The van der Waals surface area contributed by atoms with Crippen LogP contribution in [0.2, 0.25) is 0 Å². The summed E-state index contributed by atoms with van der Waals surface area (Å²) in [5.74, 6) is 5.06. The van der Waals surface area contributed by atoms with Crippen LogP contribution in [-0.4, -0.2) is 16.9 Å². The Labute approximate surface area is 247 Å². The van der Waals surface area contributed by atoms with E-state index in [9.17, 15) is 4.79 Å². The number of esters is 1. The molecule has 0 aliphatic heterocycles. The van der Waals surface area contributed by atoms with E-state index < -0.39 is 0 Å². The Hall–Kier alpha value is -1.09. The smallest absolute Gasteiger partial charge is 0.320 e. The van der Waals surface area contributed by atoms with Crippen LogP contribution in [0.5, 0.6) is 0 Å². The molecule has 0 bridgehead atoms. The van der Waals surface area contributed by atoms with Crippen LogP contribution in [0.4, 0.5) is 0 Å². The molecule has 9 unspecified atom stereocenters. The lowest BCUT2D eigenvalue weighted by Crippen LogP contribution is -2.51. The Morgan fingerprint density at radius 2 is 1.77 bits per heavy atom. The monoisotopic (exact) mass is 596 g/mol. The molecule has 4 aliphatic rings. The predicted molar refractivity (Wildman–Crippen MR) is 166 cm³/mol. The van der Waals surface area contributed by atoms with Crippen molar-refractivity contribution in [2.24, 2.45) is 46.3 Å². The Morgan fingerprint density at radius 3 is 2.51 bits per heavy atom. The molecule has 0 aromatic heterocycles. The summed E-state index contributed by atoms with van der Waals surface area (Å²) < 4.78 is 6.10. The molecule has 0 amide bonds. The van der Waals surface area contributed by atoms with Crippen LogP contribution in [0.1, 0.15) is 111 Å². The second-order valence-corrected chi connectivity index (χ2v) is 15.9. The first kappa shape index (κ1) is 29.4. The third-order valence-electron chi connectivity index (χ3n) is 12.1. The number of ether oxygens (including phenoxy) is 1. The van der Waals surface area contributed by atoms with Gasteiger partial charge in [-0.1, -0.05) is 112 Å². The molecule has 1 aromatic carbocycles. The molecule has 0 radical (unpaired) electrons. The minimum absolute atomic E-state index is 0.0283. The van der Waals surface area contributed by atoms with Gasteiger partial charge in [0, 0.05) is 6.42 Å². The highest BCUT2D eigenvalue weighted by Gasteiger charge is 2.59. The maximum Gasteiger partial charge on any atom is 0.320 e. The number of carbonyl (C=O) groups excluding carboxylic acids is 1. The zero-order valence-electron chi connectivity index (χ0n) is 25.3. The van der Waals surface area contributed by atoms with Crippen molar-refractivity contribution in [1.29, 1.82) is 0 Å². The standard InChI is InChI=1S/C36H53BrO2/c1-24(2)10-9-11-25(3)30-16-17-31-29-15-14-27-23-28(18-20-35(27,4)32(29)19-21-36(30,31)5)39-34(38)33(37)22-26-12-7-6-8-13-26/h6-8,12-14,24-25,28-33H,9-11,15-23H2,1-5H3. The van der Waals surface area contributed by atoms with Crippen LogP contribution in [0.15, 0.2) is 42.0 Å². The van der Waals surface area contributed by atoms with E-state index in [1.54, 1.807) is 5.57 Å². The first-order valence-corrected chi connectivity index (χ1v) is 17.1. The van der Waals surface area contributed by atoms with Crippen LogP contribution in [-0.2, 0) is 16.0 Å². The molecule has 9 atom stereocenters. The summed E-state index contributed by atoms with van der Waals surface area (Å²) in [7, 11) is 0. The second kappa shape index (κ2) is 12.0. The maximum atomic E-state index is 12.9. The molecule has 0 N–H and O–H groups in total. The zero-order chi connectivity index (χ0) is 27.8. The zero-order valence-corrected chi connectivity index (χ0v) is 26.8. The first-order valence-electron chi connectivity index (χ1n) is 16.2. The van der Waals surface area contributed by atoms with Gasteiger partial charge in [0.15, 0.2) is 0 Å². The van der Waals surface area contributed by atoms with E-state index in [1.807, 2.05) is 18.2 Å². The third kappa shape index (κ3) is 5.96. The number of allylic oxidation sites excluding steroid dienone is 1. The van der Waals surface area contributed by atoms with Crippen LogP contribution in [0.3, 0.4) is 0 Å². The van der Waals surface area contributed by atoms with Crippen molar-refractivity contribution in [1.82, 2.24) is 0 Å². The molecule has 4 aliphatic carbocycles. The van der Waals surface area contributed by atoms with E-state index in [4.69, 9.17) is 4.74 Å². The number of halogens is 1. The van der Waals surface area contributed by atoms with Gasteiger partial charge in [0.25, 0.3) is 0 Å². The van der Waals surface area contributed by atoms with E-state index >= 15 is 0 Å². The fourth-order valence-electron chi connectivity index (χ4n) is 9.90. The minimum Gasteiger partial charge on any atom is -0.461 e. The SMILES string of the molecule is CC(C)CCCC(C)C1CCC2C3CC=C4CC(OC(=O)C(Br)Cc5ccccc5)CCC4(C)C3CCC12C. The van der Waals surface area contributed by atoms with Crippen molar-refractivity contribution in [2.45, 2.75) is 123 Å². The Bertz CT molecular complexity index is 1020. The molecule has 0 spiro atoms. The van der Waals surface area contributed by atoms with Gasteiger partial charge >= 0.3 is 5.97 Å². The summed E-state index contributed by atoms with van der Waals surface area (Å²) >= 11 is 3.61. The van der Waals surface area contributed by atoms with Gasteiger partial charge in [0.2, 0.25) is 0 Å². The van der Waals surface area contributed by atoms with Crippen LogP contribution in [0, 0.1) is 46.3 Å². The summed E-state index contributed by atoms with van der Waals surface area (Å²) in [6, 6.07) is 10.2. The van der Waals surface area contributed by atoms with Gasteiger partial charge in [-0.25, -0.2) is 0 Å². The molecule has 0 heterocycles. The van der Waals surface area contributed by atoms with Crippen molar-refractivity contribution in [3.8, 4) is 0 Å². The number of benzene rings is 1. The van der Waals surface area contributed by atoms with Gasteiger partial charge in [-0.2, -0.15) is 0 Å². The summed E-state index contributed by atoms with van der Waals surface area (Å²) in [6.07, 6.45) is 17.6. The van der Waals surface area contributed by atoms with Gasteiger partial charge in [0.1, 0.15) is 10.9 Å². The Balaban J connectivity index is 1.21. The summed E-state index contributed by atoms with van der Waals surface area (Å²) in [6.45, 7) is 12.6. The largest absolute Gasteiger partial charge is 0.461 e. The van der Waals surface area contributed by atoms with Crippen LogP contribution >= 0.6 is 15.9 Å². The molecule has 3 saturated carbocycles. The van der Waals surface area contributed by atoms with E-state index in [0.717, 1.165) is 53.9 Å². The van der Waals surface area contributed by atoms with Gasteiger partial charge in [-0.3, -0.25) is 4.79 Å². The van der Waals surface area contributed by atoms with E-state index in [1.165, 1.54) is 57.8 Å². The maximum absolute atomic E-state index is 12.9. The van der Waals surface area contributed by atoms with Gasteiger partial charge in [-0.15, -0.1) is 0 Å². The predicted octanol–water partition coefficient (Wildman–Crippen LogP) is 9.95. The van der Waals surface area contributed by atoms with E-state index in [2.05, 4.69) is 68.8 Å². The number of rotatable bonds is 9. The Kier molecular flexibility index (Phi) is 9.07. The number of hydrogen-bond donors (Lipinski definition) is 0. The highest BCUT2D eigenvalue weighted by Crippen LogP contribution is 2.67. The lowest BCUT2D eigenvalue weighted by atomic mass is 9.47. The lowest BCUT2D eigenvalue weighted by molar-refractivity contribution is -0.150. The van der Waals surface area contributed by atoms with Crippen molar-refractivity contribution in [2.75, 3.05) is 0 Å². The molecule has 39 heavy (non-hydrogen) atoms. The average molecular weight is 598 g/mol. The van der Waals surface area contributed by atoms with E-state index in [0.29, 0.717) is 17.3 Å². The number of alkyl halides is 1. The number of hydrogen-bond acceptors (Lipinski definition) is 2. The van der Waals surface area contributed by atoms with Crippen LogP contribution < -0.4 is 0 Å². The van der Waals surface area contributed by atoms with Crippen molar-refractivity contribution < 1.29 is 9.53 Å². The van der Waals surface area contributed by atoms with Crippen molar-refractivity contribution in [3.05, 3.63) is 47.5 Å². The molecule has 3 fully saturated rings. The molecular weight excluding hydrogens is 544 g/mol. The summed E-state index contributed by atoms with van der Waals surface area (Å²) in [4.78, 5) is 12.7. The van der Waals surface area contributed by atoms with Crippen LogP contribution in [0.25, 0.3) is 0 Å². The summed E-state index contributed by atoms with van der Waals surface area (Å²) in [5.41, 5.74) is 3.60. The summed E-state index contributed by atoms with van der Waals surface area (Å²) in [5, 5.41) is 0. The molecule has 1 aromatic rings. The third-order valence-corrected chi connectivity index (χ3v) is 12.8. The second-order valence-electron chi connectivity index (χ2n) is 14.7. The molecule has 5 rings (SSSR count). The molecule has 216 valence electrons. The first-order chi connectivity index (χ1) is 18.6. The normalized spacial score (nSPS) is 37.3.